The average Bonchev–Trinajstić information content (AvgIpc) is 2.76. The lowest BCUT2D eigenvalue weighted by atomic mass is 9.78. The van der Waals surface area contributed by atoms with Crippen molar-refractivity contribution < 1.29 is 13.2 Å². The Morgan fingerprint density at radius 2 is 1.60 bits per heavy atom. The normalized spacial score (nSPS) is 19.5. The molecule has 1 aliphatic carbocycles. The molecule has 0 amide bonds. The molecular formula is C27H29F3. The monoisotopic (exact) mass is 410 g/mol. The minimum atomic E-state index is -4.30. The van der Waals surface area contributed by atoms with E-state index >= 15 is 0 Å². The molecule has 158 valence electrons. The lowest BCUT2D eigenvalue weighted by Gasteiger charge is -2.27. The van der Waals surface area contributed by atoms with Gasteiger partial charge < -0.3 is 0 Å². The summed E-state index contributed by atoms with van der Waals surface area (Å²) in [6.45, 7) is 2.22. The predicted octanol–water partition coefficient (Wildman–Crippen LogP) is 7.93. The fourth-order valence-corrected chi connectivity index (χ4v) is 4.03. The summed E-state index contributed by atoms with van der Waals surface area (Å²) in [5.74, 6) is 7.05. The Hall–Kier alpha value is -2.47. The SMILES string of the molecule is CCCCc1ccc([C@H]2CC[C@H](/C=C/C#Cc3ccc(C(F)(F)F)cc3)CC2)cc1. The van der Waals surface area contributed by atoms with Gasteiger partial charge in [-0.05, 0) is 91.8 Å². The zero-order valence-corrected chi connectivity index (χ0v) is 17.5. The van der Waals surface area contributed by atoms with Crippen molar-refractivity contribution in [2.45, 2.75) is 64.0 Å². The number of benzene rings is 2. The Bertz CT molecular complexity index is 869. The van der Waals surface area contributed by atoms with Crippen molar-refractivity contribution >= 4 is 0 Å². The van der Waals surface area contributed by atoms with Crippen LogP contribution in [0.5, 0.6) is 0 Å². The topological polar surface area (TPSA) is 0 Å². The molecule has 3 heteroatoms. The van der Waals surface area contributed by atoms with Crippen molar-refractivity contribution in [3.8, 4) is 11.8 Å². The lowest BCUT2D eigenvalue weighted by molar-refractivity contribution is -0.137. The highest BCUT2D eigenvalue weighted by atomic mass is 19.4. The maximum atomic E-state index is 12.6. The summed E-state index contributed by atoms with van der Waals surface area (Å²) < 4.78 is 37.7. The highest BCUT2D eigenvalue weighted by Gasteiger charge is 2.29. The molecular weight excluding hydrogens is 381 g/mol. The van der Waals surface area contributed by atoms with Crippen LogP contribution in [-0.2, 0) is 12.6 Å². The molecule has 1 saturated carbocycles. The Kier molecular flexibility index (Phi) is 7.80. The first-order chi connectivity index (χ1) is 14.5. The minimum Gasteiger partial charge on any atom is -0.166 e. The Balaban J connectivity index is 1.47. The molecule has 1 aliphatic rings. The van der Waals surface area contributed by atoms with Crippen LogP contribution in [0.2, 0.25) is 0 Å². The number of hydrogen-bond acceptors (Lipinski definition) is 0. The molecule has 0 bridgehead atoms. The standard InChI is InChI=1S/C27H29F3/c1-2-3-6-21-9-15-24(16-10-21)25-17-11-22(12-18-25)7-4-5-8-23-13-19-26(20-14-23)27(28,29)30/h4,7,9-10,13-16,19-20,22,25H,2-3,6,11-12,17-18H2,1H3/b7-4+/t22-,25-. The van der Waals surface area contributed by atoms with Crippen molar-refractivity contribution in [3.05, 3.63) is 82.9 Å². The first-order valence-electron chi connectivity index (χ1n) is 10.9. The third-order valence-electron chi connectivity index (χ3n) is 5.92. The quantitative estimate of drug-likeness (QED) is 0.439. The van der Waals surface area contributed by atoms with Crippen LogP contribution in [0.25, 0.3) is 0 Å². The highest BCUT2D eigenvalue weighted by Crippen LogP contribution is 2.36. The molecule has 2 aromatic carbocycles. The van der Waals surface area contributed by atoms with Crippen LogP contribution < -0.4 is 0 Å². The highest BCUT2D eigenvalue weighted by molar-refractivity contribution is 5.39. The molecule has 3 rings (SSSR count). The molecule has 0 unspecified atom stereocenters. The van der Waals surface area contributed by atoms with Gasteiger partial charge in [-0.25, -0.2) is 0 Å². The fourth-order valence-electron chi connectivity index (χ4n) is 4.03. The van der Waals surface area contributed by atoms with Gasteiger partial charge in [0.25, 0.3) is 0 Å². The van der Waals surface area contributed by atoms with Crippen LogP contribution in [-0.4, -0.2) is 0 Å². The molecule has 0 aliphatic heterocycles. The van der Waals surface area contributed by atoms with Gasteiger partial charge in [0.05, 0.1) is 5.56 Å². The third-order valence-corrected chi connectivity index (χ3v) is 5.92. The maximum absolute atomic E-state index is 12.6. The summed E-state index contributed by atoms with van der Waals surface area (Å²) in [6, 6.07) is 14.2. The number of hydrogen-bond donors (Lipinski definition) is 0. The maximum Gasteiger partial charge on any atom is 0.416 e. The van der Waals surface area contributed by atoms with Gasteiger partial charge in [0.2, 0.25) is 0 Å². The summed E-state index contributed by atoms with van der Waals surface area (Å²) in [6.07, 6.45) is 8.04. The van der Waals surface area contributed by atoms with Gasteiger partial charge >= 0.3 is 6.18 Å². The summed E-state index contributed by atoms with van der Waals surface area (Å²) in [4.78, 5) is 0. The molecule has 0 saturated heterocycles. The van der Waals surface area contributed by atoms with Gasteiger partial charge in [-0.1, -0.05) is 55.5 Å². The van der Waals surface area contributed by atoms with E-state index < -0.39 is 11.7 Å². The van der Waals surface area contributed by atoms with Crippen LogP contribution in [0.4, 0.5) is 13.2 Å². The average molecular weight is 411 g/mol. The van der Waals surface area contributed by atoms with E-state index in [0.29, 0.717) is 17.4 Å². The summed E-state index contributed by atoms with van der Waals surface area (Å²) in [5.41, 5.74) is 2.85. The molecule has 0 nitrogen and oxygen atoms in total. The second kappa shape index (κ2) is 10.5. The molecule has 0 aromatic heterocycles. The van der Waals surface area contributed by atoms with Crippen LogP contribution in [0, 0.1) is 17.8 Å². The first-order valence-corrected chi connectivity index (χ1v) is 10.9. The molecule has 30 heavy (non-hydrogen) atoms. The fraction of sp³-hybridized carbons (Fsp3) is 0.407. The van der Waals surface area contributed by atoms with Gasteiger partial charge in [0, 0.05) is 5.56 Å². The van der Waals surface area contributed by atoms with Crippen molar-refractivity contribution in [1.82, 2.24) is 0 Å². The van der Waals surface area contributed by atoms with Crippen LogP contribution in [0.3, 0.4) is 0 Å². The molecule has 0 atom stereocenters. The first kappa shape index (κ1) is 22.2. The predicted molar refractivity (Wildman–Crippen MR) is 117 cm³/mol. The molecule has 0 heterocycles. The second-order valence-corrected chi connectivity index (χ2v) is 8.16. The molecule has 1 fully saturated rings. The summed E-state index contributed by atoms with van der Waals surface area (Å²) in [5, 5.41) is 0. The lowest BCUT2D eigenvalue weighted by Crippen LogP contribution is -2.11. The summed E-state index contributed by atoms with van der Waals surface area (Å²) >= 11 is 0. The third kappa shape index (κ3) is 6.52. The number of aryl methyl sites for hydroxylation is 1. The number of unbranched alkanes of at least 4 members (excludes halogenated alkanes) is 1. The van der Waals surface area contributed by atoms with E-state index in [1.54, 1.807) is 0 Å². The van der Waals surface area contributed by atoms with Crippen LogP contribution >= 0.6 is 0 Å². The van der Waals surface area contributed by atoms with Crippen molar-refractivity contribution in [1.29, 1.82) is 0 Å². The van der Waals surface area contributed by atoms with Crippen LogP contribution in [0.1, 0.15) is 73.6 Å². The molecule has 0 spiro atoms. The van der Waals surface area contributed by atoms with E-state index in [-0.39, 0.29) is 0 Å². The number of halogens is 3. The largest absolute Gasteiger partial charge is 0.416 e. The van der Waals surface area contributed by atoms with E-state index in [0.717, 1.165) is 25.0 Å². The zero-order chi connectivity index (χ0) is 21.4. The van der Waals surface area contributed by atoms with E-state index in [1.165, 1.54) is 55.4 Å². The molecule has 0 radical (unpaired) electrons. The Morgan fingerprint density at radius 3 is 2.20 bits per heavy atom. The van der Waals surface area contributed by atoms with Crippen LogP contribution in [0.15, 0.2) is 60.7 Å². The zero-order valence-electron chi connectivity index (χ0n) is 17.5. The Labute approximate surface area is 178 Å². The molecule has 2 aromatic rings. The van der Waals surface area contributed by atoms with Gasteiger partial charge in [-0.2, -0.15) is 13.2 Å². The van der Waals surface area contributed by atoms with Crippen molar-refractivity contribution in [2.75, 3.05) is 0 Å². The Morgan fingerprint density at radius 1 is 0.933 bits per heavy atom. The van der Waals surface area contributed by atoms with E-state index in [1.807, 2.05) is 6.08 Å². The number of allylic oxidation sites excluding steroid dienone is 2. The second-order valence-electron chi connectivity index (χ2n) is 8.16. The smallest absolute Gasteiger partial charge is 0.166 e. The van der Waals surface area contributed by atoms with Gasteiger partial charge in [0.1, 0.15) is 0 Å². The van der Waals surface area contributed by atoms with Gasteiger partial charge in [0.15, 0.2) is 0 Å². The molecule has 0 N–H and O–H groups in total. The van der Waals surface area contributed by atoms with Gasteiger partial charge in [-0.15, -0.1) is 0 Å². The minimum absolute atomic E-state index is 0.534. The van der Waals surface area contributed by atoms with E-state index in [9.17, 15) is 13.2 Å². The van der Waals surface area contributed by atoms with Gasteiger partial charge in [-0.3, -0.25) is 0 Å². The number of rotatable bonds is 5. The van der Waals surface area contributed by atoms with E-state index in [4.69, 9.17) is 0 Å². The van der Waals surface area contributed by atoms with Crippen molar-refractivity contribution in [3.63, 3.8) is 0 Å². The van der Waals surface area contributed by atoms with E-state index in [2.05, 4.69) is 49.1 Å². The number of alkyl halides is 3. The summed E-state index contributed by atoms with van der Waals surface area (Å²) in [7, 11) is 0. The van der Waals surface area contributed by atoms with Crippen molar-refractivity contribution in [2.24, 2.45) is 5.92 Å².